The van der Waals surface area contributed by atoms with Crippen molar-refractivity contribution in [3.63, 3.8) is 0 Å². The average molecular weight is 354 g/mol. The molecule has 2 amide bonds. The number of hydrogen-bond donors (Lipinski definition) is 1. The molecule has 0 saturated carbocycles. The first kappa shape index (κ1) is 15.8. The molecule has 3 aromatic rings. The van der Waals surface area contributed by atoms with E-state index >= 15 is 0 Å². The molecule has 128 valence electrons. The van der Waals surface area contributed by atoms with Gasteiger partial charge >= 0.3 is 0 Å². The van der Waals surface area contributed by atoms with E-state index in [-0.39, 0.29) is 11.8 Å². The Kier molecular flexibility index (Phi) is 3.61. The predicted molar refractivity (Wildman–Crippen MR) is 99.5 cm³/mol. The molecule has 0 spiro atoms. The largest absolute Gasteiger partial charge is 0.321 e. The van der Waals surface area contributed by atoms with Gasteiger partial charge in [0.05, 0.1) is 10.6 Å². The molecule has 1 N–H and O–H groups in total. The molecule has 0 unspecified atom stereocenters. The monoisotopic (exact) mass is 354 g/mol. The Balaban J connectivity index is 1.58. The van der Waals surface area contributed by atoms with E-state index in [1.807, 2.05) is 38.2 Å². The summed E-state index contributed by atoms with van der Waals surface area (Å²) in [5, 5.41) is 8.34. The summed E-state index contributed by atoms with van der Waals surface area (Å²) < 4.78 is 1.80. The van der Waals surface area contributed by atoms with Crippen LogP contribution in [0, 0.1) is 6.92 Å². The van der Waals surface area contributed by atoms with Crippen molar-refractivity contribution in [2.75, 3.05) is 16.8 Å². The number of anilines is 2. The minimum Gasteiger partial charge on any atom is -0.321 e. The number of carbonyl (C=O) groups is 2. The Hall–Kier alpha value is -2.67. The molecule has 2 aromatic heterocycles. The summed E-state index contributed by atoms with van der Waals surface area (Å²) >= 11 is 1.44. The quantitative estimate of drug-likeness (QED) is 0.769. The first-order valence-corrected chi connectivity index (χ1v) is 8.91. The normalized spacial score (nSPS) is 13.3. The van der Waals surface area contributed by atoms with Gasteiger partial charge in [0.2, 0.25) is 5.91 Å². The van der Waals surface area contributed by atoms with Crippen LogP contribution in [0.25, 0.3) is 10.2 Å². The van der Waals surface area contributed by atoms with E-state index < -0.39 is 0 Å². The molecule has 3 heterocycles. The third kappa shape index (κ3) is 2.60. The van der Waals surface area contributed by atoms with E-state index in [0.717, 1.165) is 39.3 Å². The van der Waals surface area contributed by atoms with Crippen LogP contribution < -0.4 is 10.2 Å². The van der Waals surface area contributed by atoms with Crippen LogP contribution >= 0.6 is 11.3 Å². The van der Waals surface area contributed by atoms with Crippen LogP contribution in [0.1, 0.15) is 27.9 Å². The standard InChI is InChI=1S/C18H18N4O2S/c1-10-14-9-16(25-18(14)21(3)20-10)17(24)19-13-4-5-15-12(8-13)6-7-22(15)11(2)23/h4-5,8-9H,6-7H2,1-3H3,(H,19,24). The van der Waals surface area contributed by atoms with Gasteiger partial charge in [0, 0.05) is 37.3 Å². The van der Waals surface area contributed by atoms with Crippen molar-refractivity contribution in [3.8, 4) is 0 Å². The van der Waals surface area contributed by atoms with Crippen LogP contribution in [0.4, 0.5) is 11.4 Å². The fourth-order valence-electron chi connectivity index (χ4n) is 3.32. The maximum Gasteiger partial charge on any atom is 0.265 e. The van der Waals surface area contributed by atoms with Gasteiger partial charge in [-0.25, -0.2) is 0 Å². The van der Waals surface area contributed by atoms with Gasteiger partial charge in [0.15, 0.2) is 0 Å². The van der Waals surface area contributed by atoms with Crippen molar-refractivity contribution in [3.05, 3.63) is 40.4 Å². The molecule has 0 saturated heterocycles. The fourth-order valence-corrected chi connectivity index (χ4v) is 4.33. The van der Waals surface area contributed by atoms with Crippen LogP contribution in [0.15, 0.2) is 24.3 Å². The molecule has 0 bridgehead atoms. The highest BCUT2D eigenvalue weighted by atomic mass is 32.1. The second-order valence-corrected chi connectivity index (χ2v) is 7.29. The fraction of sp³-hybridized carbons (Fsp3) is 0.278. The van der Waals surface area contributed by atoms with Gasteiger partial charge in [-0.05, 0) is 43.2 Å². The highest BCUT2D eigenvalue weighted by molar-refractivity contribution is 7.20. The Morgan fingerprint density at radius 1 is 1.28 bits per heavy atom. The van der Waals surface area contributed by atoms with Crippen LogP contribution in [0.5, 0.6) is 0 Å². The lowest BCUT2D eigenvalue weighted by Crippen LogP contribution is -2.25. The minimum absolute atomic E-state index is 0.0461. The van der Waals surface area contributed by atoms with E-state index in [0.29, 0.717) is 11.4 Å². The van der Waals surface area contributed by atoms with Gasteiger partial charge in [-0.2, -0.15) is 5.10 Å². The van der Waals surface area contributed by atoms with Crippen molar-refractivity contribution in [2.24, 2.45) is 7.05 Å². The molecule has 0 radical (unpaired) electrons. The van der Waals surface area contributed by atoms with Crippen LogP contribution in [-0.4, -0.2) is 28.1 Å². The number of nitrogens with zero attached hydrogens (tertiary/aromatic N) is 3. The summed E-state index contributed by atoms with van der Waals surface area (Å²) in [6, 6.07) is 7.59. The van der Waals surface area contributed by atoms with Gasteiger partial charge in [-0.1, -0.05) is 0 Å². The third-order valence-electron chi connectivity index (χ3n) is 4.53. The maximum absolute atomic E-state index is 12.6. The number of aryl methyl sites for hydroxylation is 2. The maximum atomic E-state index is 12.6. The second-order valence-electron chi connectivity index (χ2n) is 6.26. The summed E-state index contributed by atoms with van der Waals surface area (Å²) in [6.45, 7) is 4.21. The zero-order valence-corrected chi connectivity index (χ0v) is 15.1. The molecular formula is C18H18N4O2S. The molecule has 4 rings (SSSR count). The second kappa shape index (κ2) is 5.70. The smallest absolute Gasteiger partial charge is 0.265 e. The van der Waals surface area contributed by atoms with E-state index in [1.54, 1.807) is 16.5 Å². The van der Waals surface area contributed by atoms with Crippen LogP contribution in [0.2, 0.25) is 0 Å². The Bertz CT molecular complexity index is 983. The number of carbonyl (C=O) groups excluding carboxylic acids is 2. The summed E-state index contributed by atoms with van der Waals surface area (Å²) in [7, 11) is 1.88. The van der Waals surface area contributed by atoms with E-state index in [1.165, 1.54) is 11.3 Å². The number of nitrogens with one attached hydrogen (secondary N) is 1. The van der Waals surface area contributed by atoms with Gasteiger partial charge in [-0.15, -0.1) is 11.3 Å². The van der Waals surface area contributed by atoms with Gasteiger partial charge in [-0.3, -0.25) is 14.3 Å². The molecule has 7 heteroatoms. The molecule has 1 aliphatic heterocycles. The summed E-state index contributed by atoms with van der Waals surface area (Å²) in [5.41, 5.74) is 3.70. The Labute approximate surface area is 149 Å². The molecule has 0 atom stereocenters. The van der Waals surface area contributed by atoms with Crippen molar-refractivity contribution < 1.29 is 9.59 Å². The number of amides is 2. The zero-order valence-electron chi connectivity index (χ0n) is 14.3. The summed E-state index contributed by atoms with van der Waals surface area (Å²) in [6.07, 6.45) is 0.812. The lowest BCUT2D eigenvalue weighted by molar-refractivity contribution is -0.116. The number of benzene rings is 1. The zero-order chi connectivity index (χ0) is 17.7. The first-order valence-electron chi connectivity index (χ1n) is 8.09. The molecular weight excluding hydrogens is 336 g/mol. The molecule has 0 aliphatic carbocycles. The van der Waals surface area contributed by atoms with Crippen molar-refractivity contribution >= 4 is 44.7 Å². The van der Waals surface area contributed by atoms with Crippen LogP contribution in [0.3, 0.4) is 0 Å². The number of hydrogen-bond acceptors (Lipinski definition) is 4. The van der Waals surface area contributed by atoms with Gasteiger partial charge in [0.1, 0.15) is 4.83 Å². The van der Waals surface area contributed by atoms with Crippen molar-refractivity contribution in [2.45, 2.75) is 20.3 Å². The summed E-state index contributed by atoms with van der Waals surface area (Å²) in [5.74, 6) is -0.0771. The Morgan fingerprint density at radius 2 is 2.08 bits per heavy atom. The molecule has 6 nitrogen and oxygen atoms in total. The highest BCUT2D eigenvalue weighted by Crippen LogP contribution is 2.32. The van der Waals surface area contributed by atoms with Crippen molar-refractivity contribution in [1.29, 1.82) is 0 Å². The number of rotatable bonds is 2. The molecule has 25 heavy (non-hydrogen) atoms. The van der Waals surface area contributed by atoms with Crippen molar-refractivity contribution in [1.82, 2.24) is 9.78 Å². The topological polar surface area (TPSA) is 67.2 Å². The molecule has 1 aromatic carbocycles. The number of fused-ring (bicyclic) bond motifs is 2. The predicted octanol–water partition coefficient (Wildman–Crippen LogP) is 3.10. The molecule has 0 fully saturated rings. The number of aromatic nitrogens is 2. The van der Waals surface area contributed by atoms with E-state index in [4.69, 9.17) is 0 Å². The average Bonchev–Trinajstić information content (AvgIpc) is 3.23. The van der Waals surface area contributed by atoms with E-state index in [9.17, 15) is 9.59 Å². The lowest BCUT2D eigenvalue weighted by atomic mass is 10.1. The van der Waals surface area contributed by atoms with Gasteiger partial charge in [0.25, 0.3) is 5.91 Å². The molecule has 1 aliphatic rings. The highest BCUT2D eigenvalue weighted by Gasteiger charge is 2.22. The SMILES string of the molecule is CC(=O)N1CCc2cc(NC(=O)c3cc4c(C)nn(C)c4s3)ccc21. The number of thiophene rings is 1. The van der Waals surface area contributed by atoms with Gasteiger partial charge < -0.3 is 10.2 Å². The first-order chi connectivity index (χ1) is 11.9. The Morgan fingerprint density at radius 3 is 2.80 bits per heavy atom. The minimum atomic E-state index is -0.123. The lowest BCUT2D eigenvalue weighted by Gasteiger charge is -2.15. The third-order valence-corrected chi connectivity index (χ3v) is 5.73. The van der Waals surface area contributed by atoms with E-state index in [2.05, 4.69) is 10.4 Å². The van der Waals surface area contributed by atoms with Crippen LogP contribution in [-0.2, 0) is 18.3 Å². The summed E-state index contributed by atoms with van der Waals surface area (Å²) in [4.78, 5) is 27.6.